The van der Waals surface area contributed by atoms with Gasteiger partial charge >= 0.3 is 5.97 Å². The van der Waals surface area contributed by atoms with E-state index in [1.54, 1.807) is 0 Å². The number of aromatic nitrogens is 5. The van der Waals surface area contributed by atoms with Crippen LogP contribution in [0.2, 0.25) is 0 Å². The predicted octanol–water partition coefficient (Wildman–Crippen LogP) is 1.68. The number of likely N-dealkylation sites (tertiary alicyclic amines) is 1. The second-order valence-electron chi connectivity index (χ2n) is 6.05. The van der Waals surface area contributed by atoms with E-state index in [4.69, 9.17) is 5.11 Å². The summed E-state index contributed by atoms with van der Waals surface area (Å²) in [6.07, 6.45) is 6.73. The fourth-order valence-electron chi connectivity index (χ4n) is 2.77. The normalized spacial score (nSPS) is 18.7. The van der Waals surface area contributed by atoms with Gasteiger partial charge in [0, 0.05) is 25.0 Å². The minimum Gasteiger partial charge on any atom is -0.478 e. The van der Waals surface area contributed by atoms with Gasteiger partial charge in [-0.15, -0.1) is 5.10 Å². The van der Waals surface area contributed by atoms with Crippen molar-refractivity contribution in [1.29, 1.82) is 0 Å². The Kier molecular flexibility index (Phi) is 4.33. The summed E-state index contributed by atoms with van der Waals surface area (Å²) in [6, 6.07) is 0.388. The van der Waals surface area contributed by atoms with Crippen molar-refractivity contribution in [3.63, 3.8) is 0 Å². The molecule has 8 heteroatoms. The van der Waals surface area contributed by atoms with Crippen molar-refractivity contribution in [2.24, 2.45) is 0 Å². The van der Waals surface area contributed by atoms with Gasteiger partial charge in [-0.1, -0.05) is 5.21 Å². The van der Waals surface area contributed by atoms with Crippen LogP contribution in [0.15, 0.2) is 18.6 Å². The van der Waals surface area contributed by atoms with Crippen molar-refractivity contribution in [3.8, 4) is 0 Å². The summed E-state index contributed by atoms with van der Waals surface area (Å²) in [5.74, 6) is -0.339. The Morgan fingerprint density at radius 3 is 2.74 bits per heavy atom. The fraction of sp³-hybridized carbons (Fsp3) is 0.533. The van der Waals surface area contributed by atoms with E-state index in [1.807, 2.05) is 10.9 Å². The molecule has 1 aliphatic rings. The second kappa shape index (κ2) is 6.41. The van der Waals surface area contributed by atoms with Crippen LogP contribution in [0.4, 0.5) is 0 Å². The Balaban J connectivity index is 1.73. The number of nitrogens with zero attached hydrogens (tertiary/aromatic N) is 6. The summed E-state index contributed by atoms with van der Waals surface area (Å²) in [5.41, 5.74) is 1.03. The van der Waals surface area contributed by atoms with E-state index in [9.17, 15) is 4.79 Å². The zero-order valence-corrected chi connectivity index (χ0v) is 13.3. The number of rotatable bonds is 5. The second-order valence-corrected chi connectivity index (χ2v) is 6.05. The lowest BCUT2D eigenvalue weighted by molar-refractivity contribution is 0.0695. The van der Waals surface area contributed by atoms with Crippen LogP contribution < -0.4 is 0 Å². The number of aromatic carboxylic acids is 1. The highest BCUT2D eigenvalue weighted by molar-refractivity contribution is 5.86. The van der Waals surface area contributed by atoms with Crippen LogP contribution in [0.1, 0.15) is 60.6 Å². The van der Waals surface area contributed by atoms with Crippen LogP contribution in [0.5, 0.6) is 0 Å². The highest BCUT2D eigenvalue weighted by atomic mass is 16.4. The van der Waals surface area contributed by atoms with Crippen molar-refractivity contribution in [2.45, 2.75) is 45.3 Å². The molecule has 1 N–H and O–H groups in total. The lowest BCUT2D eigenvalue weighted by Gasteiger charge is -2.21. The summed E-state index contributed by atoms with van der Waals surface area (Å²) in [7, 11) is 0. The largest absolute Gasteiger partial charge is 0.478 e. The number of carboxylic acid groups (broad SMARTS) is 1. The molecule has 3 rings (SSSR count). The summed E-state index contributed by atoms with van der Waals surface area (Å²) >= 11 is 0. The third-order valence-electron chi connectivity index (χ3n) is 4.03. The molecule has 1 aliphatic heterocycles. The summed E-state index contributed by atoms with van der Waals surface area (Å²) < 4.78 is 1.85. The molecule has 0 aromatic carbocycles. The van der Waals surface area contributed by atoms with E-state index in [0.29, 0.717) is 12.4 Å². The van der Waals surface area contributed by atoms with Crippen molar-refractivity contribution < 1.29 is 9.90 Å². The van der Waals surface area contributed by atoms with Crippen LogP contribution in [-0.4, -0.2) is 47.5 Å². The molecule has 0 amide bonds. The SMILES string of the molecule is CC(C)n1cc(CN2CCCC2c2ncc(C(=O)O)cn2)nn1. The molecule has 2 aromatic rings. The number of hydrogen-bond donors (Lipinski definition) is 1. The van der Waals surface area contributed by atoms with Crippen molar-refractivity contribution in [1.82, 2.24) is 29.9 Å². The van der Waals surface area contributed by atoms with E-state index in [-0.39, 0.29) is 17.6 Å². The smallest absolute Gasteiger partial charge is 0.338 e. The van der Waals surface area contributed by atoms with Crippen molar-refractivity contribution >= 4 is 5.97 Å². The van der Waals surface area contributed by atoms with Gasteiger partial charge in [-0.3, -0.25) is 4.90 Å². The molecule has 2 aromatic heterocycles. The van der Waals surface area contributed by atoms with Gasteiger partial charge in [0.05, 0.1) is 23.5 Å². The molecule has 0 spiro atoms. The first-order chi connectivity index (χ1) is 11.0. The standard InChI is InChI=1S/C15H20N6O2/c1-10(2)21-9-12(18-19-21)8-20-5-3-4-13(20)14-16-6-11(7-17-14)15(22)23/h6-7,9-10,13H,3-5,8H2,1-2H3,(H,22,23). The molecule has 1 unspecified atom stereocenters. The first-order valence-corrected chi connectivity index (χ1v) is 7.74. The van der Waals surface area contributed by atoms with Gasteiger partial charge in [-0.25, -0.2) is 19.4 Å². The quantitative estimate of drug-likeness (QED) is 0.896. The molecule has 1 fully saturated rings. The van der Waals surface area contributed by atoms with Gasteiger partial charge in [0.1, 0.15) is 5.82 Å². The Labute approximate surface area is 134 Å². The average molecular weight is 316 g/mol. The van der Waals surface area contributed by atoms with Crippen LogP contribution in [0, 0.1) is 0 Å². The van der Waals surface area contributed by atoms with Gasteiger partial charge < -0.3 is 5.11 Å². The van der Waals surface area contributed by atoms with E-state index in [1.165, 1.54) is 12.4 Å². The van der Waals surface area contributed by atoms with Gasteiger partial charge in [-0.05, 0) is 33.2 Å². The van der Waals surface area contributed by atoms with E-state index in [2.05, 4.69) is 39.0 Å². The minimum atomic E-state index is -1.01. The van der Waals surface area contributed by atoms with Gasteiger partial charge in [-0.2, -0.15) is 0 Å². The Morgan fingerprint density at radius 1 is 1.39 bits per heavy atom. The Morgan fingerprint density at radius 2 is 2.13 bits per heavy atom. The molecule has 122 valence electrons. The van der Waals surface area contributed by atoms with E-state index >= 15 is 0 Å². The molecule has 0 aliphatic carbocycles. The minimum absolute atomic E-state index is 0.0991. The molecular formula is C15H20N6O2. The van der Waals surface area contributed by atoms with E-state index < -0.39 is 5.97 Å². The van der Waals surface area contributed by atoms with Crippen molar-refractivity contribution in [3.05, 3.63) is 35.7 Å². The predicted molar refractivity (Wildman–Crippen MR) is 81.8 cm³/mol. The third-order valence-corrected chi connectivity index (χ3v) is 4.03. The average Bonchev–Trinajstić information content (AvgIpc) is 3.17. The highest BCUT2D eigenvalue weighted by Gasteiger charge is 2.29. The monoisotopic (exact) mass is 316 g/mol. The Bertz CT molecular complexity index is 682. The van der Waals surface area contributed by atoms with Crippen LogP contribution in [0.3, 0.4) is 0 Å². The molecular weight excluding hydrogens is 296 g/mol. The molecule has 0 bridgehead atoms. The third kappa shape index (κ3) is 3.37. The van der Waals surface area contributed by atoms with Crippen molar-refractivity contribution in [2.75, 3.05) is 6.54 Å². The maximum Gasteiger partial charge on any atom is 0.338 e. The molecule has 1 saturated heterocycles. The lowest BCUT2D eigenvalue weighted by atomic mass is 10.2. The maximum absolute atomic E-state index is 10.9. The van der Waals surface area contributed by atoms with Gasteiger partial charge in [0.25, 0.3) is 0 Å². The van der Waals surface area contributed by atoms with E-state index in [0.717, 1.165) is 25.1 Å². The first-order valence-electron chi connectivity index (χ1n) is 7.74. The maximum atomic E-state index is 10.9. The van der Waals surface area contributed by atoms with Gasteiger partial charge in [0.15, 0.2) is 0 Å². The number of hydrogen-bond acceptors (Lipinski definition) is 6. The fourth-order valence-corrected chi connectivity index (χ4v) is 2.77. The first kappa shape index (κ1) is 15.5. The molecule has 1 atom stereocenters. The lowest BCUT2D eigenvalue weighted by Crippen LogP contribution is -2.24. The topological polar surface area (TPSA) is 97.0 Å². The zero-order chi connectivity index (χ0) is 16.4. The summed E-state index contributed by atoms with van der Waals surface area (Å²) in [5, 5.41) is 17.3. The zero-order valence-electron chi connectivity index (χ0n) is 13.3. The Hall–Kier alpha value is -2.35. The van der Waals surface area contributed by atoms with Gasteiger partial charge in [0.2, 0.25) is 0 Å². The number of carbonyl (C=O) groups is 1. The highest BCUT2D eigenvalue weighted by Crippen LogP contribution is 2.30. The van der Waals surface area contributed by atoms with Crippen LogP contribution in [-0.2, 0) is 6.54 Å². The molecule has 23 heavy (non-hydrogen) atoms. The molecule has 3 heterocycles. The number of carboxylic acids is 1. The summed E-state index contributed by atoms with van der Waals surface area (Å²) in [6.45, 7) is 5.77. The summed E-state index contributed by atoms with van der Waals surface area (Å²) in [4.78, 5) is 21.6. The molecule has 8 nitrogen and oxygen atoms in total. The van der Waals surface area contributed by atoms with Crippen LogP contribution >= 0.6 is 0 Å². The van der Waals surface area contributed by atoms with Crippen LogP contribution in [0.25, 0.3) is 0 Å². The molecule has 0 saturated carbocycles. The molecule has 0 radical (unpaired) electrons.